The van der Waals surface area contributed by atoms with Crippen LogP contribution in [0.1, 0.15) is 0 Å². The van der Waals surface area contributed by atoms with Crippen LogP contribution in [0.5, 0.6) is 5.75 Å². The predicted molar refractivity (Wildman–Crippen MR) is 47.8 cm³/mol. The van der Waals surface area contributed by atoms with Gasteiger partial charge in [0.2, 0.25) is 0 Å². The molecule has 6 nitrogen and oxygen atoms in total. The summed E-state index contributed by atoms with van der Waals surface area (Å²) in [5.41, 5.74) is 4.75. The molecule has 1 amide bonds. The van der Waals surface area contributed by atoms with Gasteiger partial charge in [-0.3, -0.25) is 14.9 Å². The molecule has 2 N–H and O–H groups in total. The van der Waals surface area contributed by atoms with Crippen molar-refractivity contribution in [2.45, 2.75) is 0 Å². The quantitative estimate of drug-likeness (QED) is 0.558. The summed E-state index contributed by atoms with van der Waals surface area (Å²) in [4.78, 5) is 20.2. The van der Waals surface area contributed by atoms with Crippen LogP contribution in [0.2, 0.25) is 0 Å². The zero-order valence-electron chi connectivity index (χ0n) is 7.17. The molecule has 1 aromatic carbocycles. The Morgan fingerprint density at radius 1 is 1.57 bits per heavy atom. The summed E-state index contributed by atoms with van der Waals surface area (Å²) in [6, 6.07) is 5.53. The maximum Gasteiger partial charge on any atom is 0.273 e. The molecule has 0 fully saturated rings. The van der Waals surface area contributed by atoms with Crippen molar-refractivity contribution in [2.24, 2.45) is 5.73 Å². The SMILES string of the molecule is NC(=O)COc1cccc([N+](=O)[O-])c1. The van der Waals surface area contributed by atoms with Gasteiger partial charge in [0.1, 0.15) is 5.75 Å². The third-order valence-corrected chi connectivity index (χ3v) is 1.41. The molecule has 0 spiro atoms. The lowest BCUT2D eigenvalue weighted by molar-refractivity contribution is -0.384. The van der Waals surface area contributed by atoms with E-state index >= 15 is 0 Å². The number of amides is 1. The third kappa shape index (κ3) is 2.74. The van der Waals surface area contributed by atoms with Crippen molar-refractivity contribution < 1.29 is 14.5 Å². The Bertz CT molecular complexity index is 364. The van der Waals surface area contributed by atoms with Crippen molar-refractivity contribution in [3.05, 3.63) is 34.4 Å². The van der Waals surface area contributed by atoms with Gasteiger partial charge in [0.15, 0.2) is 6.61 Å². The molecule has 0 radical (unpaired) electrons. The summed E-state index contributed by atoms with van der Waals surface area (Å²) in [5.74, 6) is -0.380. The molecule has 0 aromatic heterocycles. The maximum atomic E-state index is 10.4. The summed E-state index contributed by atoms with van der Waals surface area (Å²) >= 11 is 0. The average molecular weight is 196 g/mol. The van der Waals surface area contributed by atoms with Crippen molar-refractivity contribution in [2.75, 3.05) is 6.61 Å². The number of carbonyl (C=O) groups excluding carboxylic acids is 1. The van der Waals surface area contributed by atoms with Crippen molar-refractivity contribution in [3.8, 4) is 5.75 Å². The smallest absolute Gasteiger partial charge is 0.273 e. The fourth-order valence-corrected chi connectivity index (χ4v) is 0.841. The molecule has 0 saturated heterocycles. The van der Waals surface area contributed by atoms with Crippen LogP contribution in [-0.4, -0.2) is 17.4 Å². The molecular formula is C8H8N2O4. The fraction of sp³-hybridized carbons (Fsp3) is 0.125. The summed E-state index contributed by atoms with van der Waals surface area (Å²) < 4.78 is 4.88. The highest BCUT2D eigenvalue weighted by Crippen LogP contribution is 2.18. The summed E-state index contributed by atoms with van der Waals surface area (Å²) in [6.45, 7) is -0.291. The Hall–Kier alpha value is -2.11. The first-order valence-electron chi connectivity index (χ1n) is 3.75. The van der Waals surface area contributed by atoms with Crippen LogP contribution in [0.25, 0.3) is 0 Å². The Morgan fingerprint density at radius 3 is 2.86 bits per heavy atom. The lowest BCUT2D eigenvalue weighted by Gasteiger charge is -2.02. The molecule has 0 bridgehead atoms. The minimum atomic E-state index is -0.628. The number of nitrogens with zero attached hydrogens (tertiary/aromatic N) is 1. The number of rotatable bonds is 4. The molecule has 6 heteroatoms. The predicted octanol–water partition coefficient (Wildman–Crippen LogP) is 0.459. The van der Waals surface area contributed by atoms with E-state index in [1.54, 1.807) is 0 Å². The first-order chi connectivity index (χ1) is 6.59. The van der Waals surface area contributed by atoms with E-state index < -0.39 is 10.8 Å². The van der Waals surface area contributed by atoms with Gasteiger partial charge in [-0.25, -0.2) is 0 Å². The van der Waals surface area contributed by atoms with Crippen molar-refractivity contribution in [1.29, 1.82) is 0 Å². The Labute approximate surface area is 79.4 Å². The number of nitro benzene ring substituents is 1. The number of carbonyl (C=O) groups is 1. The van der Waals surface area contributed by atoms with Gasteiger partial charge in [-0.15, -0.1) is 0 Å². The van der Waals surface area contributed by atoms with Gasteiger partial charge in [0.25, 0.3) is 11.6 Å². The second-order valence-electron chi connectivity index (χ2n) is 2.51. The molecule has 0 aliphatic heterocycles. The molecule has 74 valence electrons. The lowest BCUT2D eigenvalue weighted by Crippen LogP contribution is -2.19. The Balaban J connectivity index is 2.73. The van der Waals surface area contributed by atoms with Gasteiger partial charge >= 0.3 is 0 Å². The lowest BCUT2D eigenvalue weighted by atomic mass is 10.3. The first-order valence-corrected chi connectivity index (χ1v) is 3.75. The van der Waals surface area contributed by atoms with Gasteiger partial charge in [0, 0.05) is 6.07 Å². The molecule has 0 unspecified atom stereocenters. The second kappa shape index (κ2) is 4.22. The number of benzene rings is 1. The summed E-state index contributed by atoms with van der Waals surface area (Å²) in [6.07, 6.45) is 0. The Kier molecular flexibility index (Phi) is 3.01. The van der Waals surface area contributed by atoms with E-state index in [1.165, 1.54) is 24.3 Å². The first kappa shape index (κ1) is 9.97. The Morgan fingerprint density at radius 2 is 2.29 bits per heavy atom. The standard InChI is InChI=1S/C8H8N2O4/c9-8(11)5-14-7-3-1-2-6(4-7)10(12)13/h1-4H,5H2,(H2,9,11). The van der Waals surface area contributed by atoms with Crippen LogP contribution in [-0.2, 0) is 4.79 Å². The van der Waals surface area contributed by atoms with Crippen molar-refractivity contribution in [1.82, 2.24) is 0 Å². The molecule has 1 rings (SSSR count). The van der Waals surface area contributed by atoms with Crippen molar-refractivity contribution >= 4 is 11.6 Å². The molecule has 14 heavy (non-hydrogen) atoms. The van der Waals surface area contributed by atoms with E-state index in [4.69, 9.17) is 10.5 Å². The molecule has 0 atom stereocenters. The second-order valence-corrected chi connectivity index (χ2v) is 2.51. The highest BCUT2D eigenvalue weighted by atomic mass is 16.6. The van der Waals surface area contributed by atoms with Gasteiger partial charge in [-0.2, -0.15) is 0 Å². The number of nitrogens with two attached hydrogens (primary N) is 1. The van der Waals surface area contributed by atoms with E-state index in [2.05, 4.69) is 0 Å². The molecule has 0 aliphatic rings. The van der Waals surface area contributed by atoms with Gasteiger partial charge < -0.3 is 10.5 Å². The normalized spacial score (nSPS) is 9.43. The molecule has 0 aliphatic carbocycles. The van der Waals surface area contributed by atoms with Crippen molar-refractivity contribution in [3.63, 3.8) is 0 Å². The fourth-order valence-electron chi connectivity index (χ4n) is 0.841. The molecular weight excluding hydrogens is 188 g/mol. The van der Waals surface area contributed by atoms with Crippen LogP contribution in [0, 0.1) is 10.1 Å². The summed E-state index contributed by atoms with van der Waals surface area (Å²) in [7, 11) is 0. The minimum Gasteiger partial charge on any atom is -0.484 e. The van der Waals surface area contributed by atoms with Crippen LogP contribution in [0.4, 0.5) is 5.69 Å². The largest absolute Gasteiger partial charge is 0.484 e. The van der Waals surface area contributed by atoms with E-state index in [0.29, 0.717) is 0 Å². The van der Waals surface area contributed by atoms with E-state index in [1.807, 2.05) is 0 Å². The zero-order chi connectivity index (χ0) is 10.6. The molecule has 1 aromatic rings. The maximum absolute atomic E-state index is 10.4. The highest BCUT2D eigenvalue weighted by molar-refractivity contribution is 5.75. The van der Waals surface area contributed by atoms with Gasteiger partial charge in [-0.05, 0) is 6.07 Å². The number of non-ortho nitro benzene ring substituents is 1. The number of ether oxygens (including phenoxy) is 1. The van der Waals surface area contributed by atoms with Crippen LogP contribution in [0.15, 0.2) is 24.3 Å². The van der Waals surface area contributed by atoms with Crippen LogP contribution in [0.3, 0.4) is 0 Å². The van der Waals surface area contributed by atoms with E-state index in [9.17, 15) is 14.9 Å². The van der Waals surface area contributed by atoms with E-state index in [-0.39, 0.29) is 18.0 Å². The summed E-state index contributed by atoms with van der Waals surface area (Å²) in [5, 5.41) is 10.3. The number of hydrogen-bond acceptors (Lipinski definition) is 4. The molecule has 0 heterocycles. The monoisotopic (exact) mass is 196 g/mol. The van der Waals surface area contributed by atoms with Gasteiger partial charge in [0.05, 0.1) is 11.0 Å². The molecule has 0 saturated carbocycles. The number of hydrogen-bond donors (Lipinski definition) is 1. The van der Waals surface area contributed by atoms with Crippen LogP contribution < -0.4 is 10.5 Å². The number of primary amides is 1. The average Bonchev–Trinajstić information content (AvgIpc) is 2.15. The highest BCUT2D eigenvalue weighted by Gasteiger charge is 2.06. The minimum absolute atomic E-state index is 0.0908. The topological polar surface area (TPSA) is 95.5 Å². The van der Waals surface area contributed by atoms with Crippen LogP contribution >= 0.6 is 0 Å². The number of nitro groups is 1. The zero-order valence-corrected chi connectivity index (χ0v) is 7.17. The van der Waals surface area contributed by atoms with E-state index in [0.717, 1.165) is 0 Å². The van der Waals surface area contributed by atoms with Gasteiger partial charge in [-0.1, -0.05) is 6.07 Å². The third-order valence-electron chi connectivity index (χ3n) is 1.41.